The lowest BCUT2D eigenvalue weighted by molar-refractivity contribution is 0.0957. The number of benzene rings is 2. The van der Waals surface area contributed by atoms with Crippen LogP contribution in [0.5, 0.6) is 0 Å². The molecular formula is C22H17ClN4O2. The summed E-state index contributed by atoms with van der Waals surface area (Å²) in [6.45, 7) is 0.499. The Morgan fingerprint density at radius 2 is 1.86 bits per heavy atom. The molecule has 6 nitrogen and oxygen atoms in total. The van der Waals surface area contributed by atoms with E-state index in [0.29, 0.717) is 29.1 Å². The molecule has 0 fully saturated rings. The van der Waals surface area contributed by atoms with Gasteiger partial charge in [0.25, 0.3) is 5.91 Å². The Balaban J connectivity index is 1.61. The Hall–Kier alpha value is -3.64. The number of halogens is 1. The van der Waals surface area contributed by atoms with Crippen LogP contribution in [0.15, 0.2) is 83.5 Å². The highest BCUT2D eigenvalue weighted by molar-refractivity contribution is 6.32. The third-order valence-electron chi connectivity index (χ3n) is 4.16. The Labute approximate surface area is 172 Å². The average Bonchev–Trinajstić information content (AvgIpc) is 3.42. The molecule has 4 rings (SSSR count). The average molecular weight is 405 g/mol. The highest BCUT2D eigenvalue weighted by Gasteiger charge is 2.17. The van der Waals surface area contributed by atoms with Crippen molar-refractivity contribution in [1.82, 2.24) is 14.8 Å². The predicted molar refractivity (Wildman–Crippen MR) is 113 cm³/mol. The molecule has 0 aliphatic heterocycles. The van der Waals surface area contributed by atoms with Crippen LogP contribution in [-0.2, 0) is 6.54 Å². The third kappa shape index (κ3) is 4.44. The van der Waals surface area contributed by atoms with Crippen molar-refractivity contribution in [3.63, 3.8) is 0 Å². The van der Waals surface area contributed by atoms with Gasteiger partial charge in [0.2, 0.25) is 11.8 Å². The van der Waals surface area contributed by atoms with Gasteiger partial charge >= 0.3 is 0 Å². The second kappa shape index (κ2) is 8.58. The molecule has 0 saturated heterocycles. The van der Waals surface area contributed by atoms with Gasteiger partial charge in [0.05, 0.1) is 6.26 Å². The maximum Gasteiger partial charge on any atom is 0.274 e. The summed E-state index contributed by atoms with van der Waals surface area (Å²) in [6.07, 6.45) is 4.60. The highest BCUT2D eigenvalue weighted by atomic mass is 35.5. The molecule has 2 aromatic heterocycles. The van der Waals surface area contributed by atoms with Crippen molar-refractivity contribution < 1.29 is 9.21 Å². The molecule has 0 spiro atoms. The number of allylic oxidation sites excluding steroid dienone is 1. The fourth-order valence-electron chi connectivity index (χ4n) is 2.71. The number of furan rings is 1. The first-order valence-corrected chi connectivity index (χ1v) is 9.34. The number of hydrogen-bond acceptors (Lipinski definition) is 5. The van der Waals surface area contributed by atoms with Crippen LogP contribution in [0.1, 0.15) is 15.9 Å². The first-order valence-electron chi connectivity index (χ1n) is 8.96. The lowest BCUT2D eigenvalue weighted by atomic mass is 10.2. The largest absolute Gasteiger partial charge is 0.461 e. The Morgan fingerprint density at radius 3 is 2.62 bits per heavy atom. The van der Waals surface area contributed by atoms with Gasteiger partial charge in [-0.05, 0) is 35.4 Å². The van der Waals surface area contributed by atoms with Gasteiger partial charge in [-0.2, -0.15) is 9.67 Å². The van der Waals surface area contributed by atoms with Crippen molar-refractivity contribution >= 4 is 29.5 Å². The molecule has 144 valence electrons. The lowest BCUT2D eigenvalue weighted by Crippen LogP contribution is -2.14. The van der Waals surface area contributed by atoms with Crippen molar-refractivity contribution in [3.05, 3.63) is 95.2 Å². The summed E-state index contributed by atoms with van der Waals surface area (Å²) in [5.41, 5.74) is 1.80. The molecule has 0 radical (unpaired) electrons. The van der Waals surface area contributed by atoms with Crippen LogP contribution in [0.3, 0.4) is 0 Å². The maximum absolute atomic E-state index is 12.8. The van der Waals surface area contributed by atoms with Crippen LogP contribution in [0.4, 0.5) is 5.95 Å². The molecule has 4 aromatic rings. The van der Waals surface area contributed by atoms with Gasteiger partial charge in [0, 0.05) is 17.6 Å². The maximum atomic E-state index is 12.8. The van der Waals surface area contributed by atoms with E-state index in [1.54, 1.807) is 24.3 Å². The molecule has 0 unspecified atom stereocenters. The van der Waals surface area contributed by atoms with Crippen LogP contribution in [0.25, 0.3) is 17.7 Å². The highest BCUT2D eigenvalue weighted by Crippen LogP contribution is 2.20. The molecule has 2 aromatic carbocycles. The van der Waals surface area contributed by atoms with E-state index in [2.05, 4.69) is 15.4 Å². The van der Waals surface area contributed by atoms with E-state index in [0.717, 1.165) is 11.1 Å². The minimum Gasteiger partial charge on any atom is -0.461 e. The summed E-state index contributed by atoms with van der Waals surface area (Å²) >= 11 is 6.15. The number of rotatable bonds is 6. The first-order chi connectivity index (χ1) is 14.2. The smallest absolute Gasteiger partial charge is 0.274 e. The topological polar surface area (TPSA) is 73.0 Å². The Morgan fingerprint density at radius 1 is 1.07 bits per heavy atom. The number of anilines is 1. The van der Waals surface area contributed by atoms with E-state index in [1.165, 1.54) is 17.0 Å². The monoisotopic (exact) mass is 404 g/mol. The number of carbonyl (C=O) groups excluding carboxylic acids is 1. The molecule has 0 aliphatic rings. The molecule has 7 heteroatoms. The van der Waals surface area contributed by atoms with Gasteiger partial charge in [-0.25, -0.2) is 0 Å². The third-order valence-corrected chi connectivity index (χ3v) is 4.51. The second-order valence-electron chi connectivity index (χ2n) is 6.18. The van der Waals surface area contributed by atoms with Gasteiger partial charge in [-0.1, -0.05) is 60.1 Å². The molecule has 0 saturated carbocycles. The van der Waals surface area contributed by atoms with Gasteiger partial charge in [-0.3, -0.25) is 4.79 Å². The Bertz CT molecular complexity index is 1130. The number of hydrogen-bond donors (Lipinski definition) is 1. The zero-order valence-electron chi connectivity index (χ0n) is 15.3. The fraction of sp³-hybridized carbons (Fsp3) is 0.0455. The van der Waals surface area contributed by atoms with Crippen molar-refractivity contribution in [3.8, 4) is 11.6 Å². The van der Waals surface area contributed by atoms with E-state index in [1.807, 2.05) is 48.5 Å². The molecule has 0 atom stereocenters. The van der Waals surface area contributed by atoms with Gasteiger partial charge in [0.15, 0.2) is 5.76 Å². The van der Waals surface area contributed by atoms with Crippen LogP contribution in [0, 0.1) is 0 Å². The summed E-state index contributed by atoms with van der Waals surface area (Å²) in [4.78, 5) is 17.2. The van der Waals surface area contributed by atoms with Crippen molar-refractivity contribution in [1.29, 1.82) is 0 Å². The molecule has 0 aliphatic carbocycles. The second-order valence-corrected chi connectivity index (χ2v) is 6.59. The van der Waals surface area contributed by atoms with Crippen LogP contribution in [0.2, 0.25) is 5.02 Å². The van der Waals surface area contributed by atoms with E-state index < -0.39 is 0 Å². The van der Waals surface area contributed by atoms with Crippen molar-refractivity contribution in [2.24, 2.45) is 0 Å². The summed E-state index contributed by atoms with van der Waals surface area (Å²) in [5, 5.41) is 8.05. The summed E-state index contributed by atoms with van der Waals surface area (Å²) in [7, 11) is 0. The summed E-state index contributed by atoms with van der Waals surface area (Å²) in [6, 6.07) is 20.6. The standard InChI is InChI=1S/C22H17ClN4O2/c23-18-10-5-4-9-17(18)12-13-20(28)27-22(24-15-16-7-2-1-3-8-16)25-21(26-27)19-11-6-14-29-19/h1-14H,15H2,(H,24,25,26). The SMILES string of the molecule is O=C(C=Cc1ccccc1Cl)n1nc(-c2ccco2)nc1NCc1ccccc1. The number of aromatic nitrogens is 3. The number of nitrogens with one attached hydrogen (secondary N) is 1. The minimum atomic E-state index is -0.356. The molecule has 29 heavy (non-hydrogen) atoms. The molecule has 0 bridgehead atoms. The summed E-state index contributed by atoms with van der Waals surface area (Å²) in [5.74, 6) is 0.777. The molecule has 1 N–H and O–H groups in total. The Kier molecular flexibility index (Phi) is 5.54. The normalized spacial score (nSPS) is 11.1. The van der Waals surface area contributed by atoms with Gasteiger partial charge < -0.3 is 9.73 Å². The number of carbonyl (C=O) groups is 1. The number of nitrogens with zero attached hydrogens (tertiary/aromatic N) is 3. The predicted octanol–water partition coefficient (Wildman–Crippen LogP) is 5.16. The van der Waals surface area contributed by atoms with Crippen molar-refractivity contribution in [2.45, 2.75) is 6.54 Å². The zero-order valence-corrected chi connectivity index (χ0v) is 16.1. The van der Waals surface area contributed by atoms with Crippen LogP contribution in [-0.4, -0.2) is 20.7 Å². The lowest BCUT2D eigenvalue weighted by Gasteiger charge is -2.05. The fourth-order valence-corrected chi connectivity index (χ4v) is 2.91. The summed E-state index contributed by atoms with van der Waals surface area (Å²) < 4.78 is 6.58. The minimum absolute atomic E-state index is 0.324. The zero-order chi connectivity index (χ0) is 20.1. The van der Waals surface area contributed by atoms with E-state index >= 15 is 0 Å². The quantitative estimate of drug-likeness (QED) is 0.449. The van der Waals surface area contributed by atoms with E-state index in [9.17, 15) is 4.79 Å². The van der Waals surface area contributed by atoms with Gasteiger partial charge in [-0.15, -0.1) is 5.10 Å². The molecule has 2 heterocycles. The van der Waals surface area contributed by atoms with Crippen LogP contribution < -0.4 is 5.32 Å². The first kappa shape index (κ1) is 18.7. The van der Waals surface area contributed by atoms with E-state index in [-0.39, 0.29) is 5.91 Å². The van der Waals surface area contributed by atoms with Crippen LogP contribution >= 0.6 is 11.6 Å². The van der Waals surface area contributed by atoms with Gasteiger partial charge in [0.1, 0.15) is 0 Å². The van der Waals surface area contributed by atoms with Crippen molar-refractivity contribution in [2.75, 3.05) is 5.32 Å². The molecular weight excluding hydrogens is 388 g/mol. The molecule has 0 amide bonds. The van der Waals surface area contributed by atoms with E-state index in [4.69, 9.17) is 16.0 Å².